The van der Waals surface area contributed by atoms with E-state index in [1.165, 1.54) is 17.3 Å². The molecule has 1 saturated heterocycles. The fourth-order valence-electron chi connectivity index (χ4n) is 14.1. The normalized spacial score (nSPS) is 36.6. The van der Waals surface area contributed by atoms with Crippen molar-refractivity contribution in [3.63, 3.8) is 0 Å². The van der Waals surface area contributed by atoms with E-state index in [1.54, 1.807) is 0 Å². The molecule has 5 fully saturated rings. The van der Waals surface area contributed by atoms with Crippen molar-refractivity contribution in [2.24, 2.45) is 52.3 Å². The number of hydrogen-bond donors (Lipinski definition) is 1. The fourth-order valence-corrected chi connectivity index (χ4v) is 18.8. The molecule has 0 bridgehead atoms. The van der Waals surface area contributed by atoms with E-state index in [0.29, 0.717) is 36.3 Å². The number of carbonyl (C=O) groups excluding carboxylic acids is 2. The van der Waals surface area contributed by atoms with Crippen molar-refractivity contribution in [3.8, 4) is 0 Å². The Morgan fingerprint density at radius 2 is 1.48 bits per heavy atom. The van der Waals surface area contributed by atoms with Crippen LogP contribution in [0, 0.1) is 52.3 Å². The van der Waals surface area contributed by atoms with Gasteiger partial charge in [0.2, 0.25) is 0 Å². The zero-order chi connectivity index (χ0) is 42.7. The highest BCUT2D eigenvalue weighted by Gasteiger charge is 2.74. The summed E-state index contributed by atoms with van der Waals surface area (Å²) < 4.78 is 26.8. The average molecular weight is 835 g/mol. The van der Waals surface area contributed by atoms with Crippen molar-refractivity contribution in [1.82, 2.24) is 0 Å². The van der Waals surface area contributed by atoms with Crippen LogP contribution in [0.15, 0.2) is 91.0 Å². The topological polar surface area (TPSA) is 91.3 Å². The number of benzene rings is 3. The monoisotopic (exact) mass is 834 g/mol. The van der Waals surface area contributed by atoms with Gasteiger partial charge in [-0.2, -0.15) is 0 Å². The van der Waals surface area contributed by atoms with Crippen LogP contribution in [0.2, 0.25) is 5.04 Å². The standard InChI is InChI=1S/C52H70O7Si/c1-34(33-56-60(49(4,5)6,40-20-14-10-15-21-40)41-22-16-11-17-23-41)24-27-45-35(2)47-51(8)44(32-52(47,55)59-45)42-26-25-38-30-39(57-36(3)53)28-29-50(38,7)43(42)31-46(51)58-48(54)37-18-12-9-13-19-37/h9-23,34-35,38-39,42-47,55H,24-33H2,1-8H3/t34-,35-,38+,39+,42-,43+,44+,45-,46-,47-,50+,51-,52+/m1/s1. The molecule has 1 heterocycles. The van der Waals surface area contributed by atoms with Crippen molar-refractivity contribution < 1.29 is 33.3 Å². The van der Waals surface area contributed by atoms with Gasteiger partial charge in [0.05, 0.1) is 11.7 Å². The second kappa shape index (κ2) is 16.4. The van der Waals surface area contributed by atoms with Crippen LogP contribution in [0.1, 0.15) is 124 Å². The minimum Gasteiger partial charge on any atom is -0.463 e. The smallest absolute Gasteiger partial charge is 0.338 e. The summed E-state index contributed by atoms with van der Waals surface area (Å²) in [5.74, 6) is -0.236. The Balaban J connectivity index is 1.02. The Labute approximate surface area is 360 Å². The molecule has 3 aromatic carbocycles. The van der Waals surface area contributed by atoms with E-state index in [2.05, 4.69) is 109 Å². The molecule has 324 valence electrons. The minimum atomic E-state index is -2.67. The second-order valence-electron chi connectivity index (χ2n) is 21.2. The molecule has 13 atom stereocenters. The number of aliphatic hydroxyl groups is 1. The third-order valence-electron chi connectivity index (χ3n) is 16.8. The largest absolute Gasteiger partial charge is 0.463 e. The lowest BCUT2D eigenvalue weighted by molar-refractivity contribution is -0.212. The number of carbonyl (C=O) groups is 2. The summed E-state index contributed by atoms with van der Waals surface area (Å²) in [5.41, 5.74) is 0.149. The lowest BCUT2D eigenvalue weighted by Crippen LogP contribution is -2.66. The first-order valence-electron chi connectivity index (χ1n) is 23.1. The van der Waals surface area contributed by atoms with Crippen LogP contribution in [-0.4, -0.2) is 56.1 Å². The van der Waals surface area contributed by atoms with Gasteiger partial charge in [-0.25, -0.2) is 4.79 Å². The van der Waals surface area contributed by atoms with Gasteiger partial charge in [-0.3, -0.25) is 4.79 Å². The van der Waals surface area contributed by atoms with E-state index >= 15 is 0 Å². The number of rotatable bonds is 11. The summed E-state index contributed by atoms with van der Waals surface area (Å²) in [6, 6.07) is 31.1. The van der Waals surface area contributed by atoms with Gasteiger partial charge in [-0.05, 0) is 120 Å². The van der Waals surface area contributed by atoms with Gasteiger partial charge in [0.25, 0.3) is 8.32 Å². The van der Waals surface area contributed by atoms with Crippen molar-refractivity contribution in [2.75, 3.05) is 6.61 Å². The molecule has 4 aliphatic carbocycles. The van der Waals surface area contributed by atoms with Gasteiger partial charge < -0.3 is 23.7 Å². The van der Waals surface area contributed by atoms with E-state index in [0.717, 1.165) is 51.4 Å². The summed E-state index contributed by atoms with van der Waals surface area (Å²) in [6.45, 7) is 18.5. The zero-order valence-corrected chi connectivity index (χ0v) is 38.4. The van der Waals surface area contributed by atoms with Crippen LogP contribution < -0.4 is 10.4 Å². The Hall–Kier alpha value is -3.30. The third kappa shape index (κ3) is 7.43. The lowest BCUT2D eigenvalue weighted by atomic mass is 9.43. The van der Waals surface area contributed by atoms with Crippen LogP contribution in [-0.2, 0) is 23.4 Å². The maximum atomic E-state index is 14.0. The maximum Gasteiger partial charge on any atom is 0.338 e. The molecule has 5 aliphatic rings. The van der Waals surface area contributed by atoms with Gasteiger partial charge in [-0.1, -0.05) is 127 Å². The van der Waals surface area contributed by atoms with Crippen LogP contribution in [0.4, 0.5) is 0 Å². The Bertz CT molecular complexity index is 1930. The van der Waals surface area contributed by atoms with E-state index < -0.39 is 19.5 Å². The molecular formula is C52H70O7Si. The molecule has 4 saturated carbocycles. The quantitative estimate of drug-likeness (QED) is 0.152. The van der Waals surface area contributed by atoms with Crippen LogP contribution in [0.3, 0.4) is 0 Å². The van der Waals surface area contributed by atoms with Crippen molar-refractivity contribution in [2.45, 2.75) is 142 Å². The highest BCUT2D eigenvalue weighted by molar-refractivity contribution is 6.99. The molecule has 8 heteroatoms. The molecule has 0 unspecified atom stereocenters. The van der Waals surface area contributed by atoms with Crippen molar-refractivity contribution in [1.29, 1.82) is 0 Å². The summed E-state index contributed by atoms with van der Waals surface area (Å²) in [7, 11) is -2.67. The highest BCUT2D eigenvalue weighted by Crippen LogP contribution is 2.72. The molecule has 0 amide bonds. The Morgan fingerprint density at radius 1 is 0.867 bits per heavy atom. The van der Waals surface area contributed by atoms with E-state index in [1.807, 2.05) is 30.3 Å². The first-order chi connectivity index (χ1) is 28.5. The van der Waals surface area contributed by atoms with Gasteiger partial charge in [0.1, 0.15) is 12.2 Å². The predicted octanol–water partition coefficient (Wildman–Crippen LogP) is 9.74. The maximum absolute atomic E-state index is 14.0. The molecule has 1 N–H and O–H groups in total. The number of esters is 2. The molecule has 1 aliphatic heterocycles. The molecule has 3 aromatic rings. The minimum absolute atomic E-state index is 0.0273. The van der Waals surface area contributed by atoms with E-state index in [-0.39, 0.29) is 64.4 Å². The van der Waals surface area contributed by atoms with Crippen LogP contribution in [0.25, 0.3) is 0 Å². The zero-order valence-electron chi connectivity index (χ0n) is 37.4. The molecule has 0 spiro atoms. The summed E-state index contributed by atoms with van der Waals surface area (Å²) >= 11 is 0. The van der Waals surface area contributed by atoms with Gasteiger partial charge >= 0.3 is 11.9 Å². The molecule has 60 heavy (non-hydrogen) atoms. The molecule has 0 radical (unpaired) electrons. The van der Waals surface area contributed by atoms with Crippen molar-refractivity contribution in [3.05, 3.63) is 96.6 Å². The van der Waals surface area contributed by atoms with E-state index in [9.17, 15) is 14.7 Å². The predicted molar refractivity (Wildman–Crippen MR) is 238 cm³/mol. The van der Waals surface area contributed by atoms with Gasteiger partial charge in [-0.15, -0.1) is 0 Å². The highest BCUT2D eigenvalue weighted by atomic mass is 28.4. The number of ether oxygens (including phenoxy) is 3. The third-order valence-corrected chi connectivity index (χ3v) is 21.9. The average Bonchev–Trinajstić information content (AvgIpc) is 3.63. The van der Waals surface area contributed by atoms with Gasteiger partial charge in [0.15, 0.2) is 5.79 Å². The second-order valence-corrected chi connectivity index (χ2v) is 25.5. The Morgan fingerprint density at radius 3 is 2.08 bits per heavy atom. The molecular weight excluding hydrogens is 765 g/mol. The summed E-state index contributed by atoms with van der Waals surface area (Å²) in [5, 5.41) is 15.3. The first kappa shape index (κ1) is 43.3. The molecule has 7 nitrogen and oxygen atoms in total. The summed E-state index contributed by atoms with van der Waals surface area (Å²) in [4.78, 5) is 25.9. The lowest BCUT2D eigenvalue weighted by Gasteiger charge is -2.62. The van der Waals surface area contributed by atoms with Gasteiger partial charge in [0, 0.05) is 31.3 Å². The first-order valence-corrected chi connectivity index (χ1v) is 25.0. The van der Waals surface area contributed by atoms with Crippen LogP contribution in [0.5, 0.6) is 0 Å². The number of hydrogen-bond acceptors (Lipinski definition) is 7. The molecule has 8 rings (SSSR count). The Kier molecular flexibility index (Phi) is 11.9. The number of fused-ring (bicyclic) bond motifs is 7. The van der Waals surface area contributed by atoms with Crippen LogP contribution >= 0.6 is 0 Å². The fraction of sp³-hybridized carbons (Fsp3) is 0.615. The molecule has 0 aromatic heterocycles. The SMILES string of the molecule is CC(=O)O[C@H]1CC[C@@]2(C)[C@@H](CC[C@@H]3[C@@H]2C[C@@H](OC(=O)c2ccccc2)[C@]2(C)[C@H]4[C@H](C)[C@@H](CC[C@@H](C)CO[Si](c5ccccc5)(c5ccccc5)C(C)(C)C)O[C@@]4(O)C[C@@H]32)C1. The van der Waals surface area contributed by atoms with Crippen molar-refractivity contribution >= 4 is 30.6 Å². The van der Waals surface area contributed by atoms with E-state index in [4.69, 9.17) is 18.6 Å². The summed E-state index contributed by atoms with van der Waals surface area (Å²) in [6.07, 6.45) is 7.50.